The molecule has 26 heavy (non-hydrogen) atoms. The average molecular weight is 368 g/mol. The molecular formula is C20H25N5S. The maximum Gasteiger partial charge on any atom is 0.0898 e. The molecule has 0 unspecified atom stereocenters. The molecule has 2 aromatic heterocycles. The molecule has 1 saturated heterocycles. The molecule has 3 aromatic rings. The number of aromatic nitrogens is 3. The van der Waals surface area contributed by atoms with E-state index in [9.17, 15) is 0 Å². The quantitative estimate of drug-likeness (QED) is 0.741. The van der Waals surface area contributed by atoms with Crippen molar-refractivity contribution in [2.75, 3.05) is 18.0 Å². The first-order valence-electron chi connectivity index (χ1n) is 9.22. The highest BCUT2D eigenvalue weighted by atomic mass is 32.1. The largest absolute Gasteiger partial charge is 0.371 e. The molecule has 1 fully saturated rings. The Labute approximate surface area is 158 Å². The van der Waals surface area contributed by atoms with E-state index < -0.39 is 0 Å². The molecule has 4 rings (SSSR count). The molecule has 3 heterocycles. The maximum atomic E-state index is 4.61. The molecule has 0 bridgehead atoms. The summed E-state index contributed by atoms with van der Waals surface area (Å²) in [4.78, 5) is 7.09. The number of anilines is 1. The van der Waals surface area contributed by atoms with E-state index in [-0.39, 0.29) is 0 Å². The van der Waals surface area contributed by atoms with Gasteiger partial charge in [0, 0.05) is 48.6 Å². The van der Waals surface area contributed by atoms with Crippen LogP contribution < -0.4 is 10.2 Å². The van der Waals surface area contributed by atoms with Gasteiger partial charge in [-0.1, -0.05) is 6.07 Å². The van der Waals surface area contributed by atoms with Crippen molar-refractivity contribution in [2.24, 2.45) is 0 Å². The van der Waals surface area contributed by atoms with E-state index in [2.05, 4.69) is 63.8 Å². The zero-order chi connectivity index (χ0) is 17.9. The van der Waals surface area contributed by atoms with Gasteiger partial charge in [0.2, 0.25) is 0 Å². The summed E-state index contributed by atoms with van der Waals surface area (Å²) in [5.74, 6) is 0. The van der Waals surface area contributed by atoms with Gasteiger partial charge in [-0.15, -0.1) is 11.3 Å². The predicted molar refractivity (Wildman–Crippen MR) is 107 cm³/mol. The van der Waals surface area contributed by atoms with Crippen molar-refractivity contribution in [3.05, 3.63) is 58.8 Å². The fourth-order valence-electron chi connectivity index (χ4n) is 3.58. The first-order valence-corrected chi connectivity index (χ1v) is 10.1. The molecular weight excluding hydrogens is 342 g/mol. The topological polar surface area (TPSA) is 46.0 Å². The van der Waals surface area contributed by atoms with E-state index in [1.165, 1.54) is 11.4 Å². The number of thiazole rings is 1. The van der Waals surface area contributed by atoms with Crippen molar-refractivity contribution in [2.45, 2.75) is 38.8 Å². The van der Waals surface area contributed by atoms with Gasteiger partial charge in [-0.25, -0.2) is 9.67 Å². The Hall–Kier alpha value is -2.18. The van der Waals surface area contributed by atoms with Gasteiger partial charge in [0.15, 0.2) is 0 Å². The lowest BCUT2D eigenvalue weighted by atomic mass is 10.0. The van der Waals surface area contributed by atoms with Gasteiger partial charge >= 0.3 is 0 Å². The Morgan fingerprint density at radius 3 is 2.69 bits per heavy atom. The summed E-state index contributed by atoms with van der Waals surface area (Å²) in [5, 5.41) is 11.4. The average Bonchev–Trinajstić information content (AvgIpc) is 3.34. The molecule has 1 aliphatic heterocycles. The van der Waals surface area contributed by atoms with Crippen molar-refractivity contribution in [1.29, 1.82) is 0 Å². The molecule has 136 valence electrons. The fraction of sp³-hybridized carbons (Fsp3) is 0.400. The number of nitrogens with zero attached hydrogens (tertiary/aromatic N) is 4. The first-order chi connectivity index (χ1) is 12.7. The van der Waals surface area contributed by atoms with Crippen molar-refractivity contribution in [3.8, 4) is 5.69 Å². The van der Waals surface area contributed by atoms with Crippen LogP contribution in [0.25, 0.3) is 5.69 Å². The van der Waals surface area contributed by atoms with E-state index in [0.717, 1.165) is 36.6 Å². The number of nitrogens with one attached hydrogen (secondary N) is 1. The molecule has 0 aliphatic carbocycles. The number of aryl methyl sites for hydroxylation is 1. The summed E-state index contributed by atoms with van der Waals surface area (Å²) in [6.45, 7) is 6.43. The van der Waals surface area contributed by atoms with Gasteiger partial charge < -0.3 is 10.2 Å². The number of piperidine rings is 1. The third-order valence-corrected chi connectivity index (χ3v) is 5.82. The lowest BCUT2D eigenvalue weighted by Crippen LogP contribution is -2.43. The minimum Gasteiger partial charge on any atom is -0.371 e. The summed E-state index contributed by atoms with van der Waals surface area (Å²) in [6.07, 6.45) is 6.10. The van der Waals surface area contributed by atoms with Crippen LogP contribution in [0.2, 0.25) is 0 Å². The minimum atomic E-state index is 0.319. The molecule has 1 aliphatic rings. The summed E-state index contributed by atoms with van der Waals surface area (Å²) < 4.78 is 1.91. The van der Waals surface area contributed by atoms with Crippen LogP contribution in [-0.4, -0.2) is 33.9 Å². The smallest absolute Gasteiger partial charge is 0.0898 e. The van der Waals surface area contributed by atoms with Gasteiger partial charge in [0.25, 0.3) is 0 Å². The predicted octanol–water partition coefficient (Wildman–Crippen LogP) is 3.96. The Morgan fingerprint density at radius 1 is 1.19 bits per heavy atom. The summed E-state index contributed by atoms with van der Waals surface area (Å²) in [5.41, 5.74) is 3.56. The van der Waals surface area contributed by atoms with Crippen LogP contribution >= 0.6 is 11.3 Å². The maximum absolute atomic E-state index is 4.61. The van der Waals surface area contributed by atoms with E-state index in [4.69, 9.17) is 0 Å². The second kappa shape index (κ2) is 7.60. The lowest BCUT2D eigenvalue weighted by molar-refractivity contribution is 0.378. The Bertz CT molecular complexity index is 834. The monoisotopic (exact) mass is 367 g/mol. The van der Waals surface area contributed by atoms with Crippen LogP contribution in [0.5, 0.6) is 0 Å². The highest BCUT2D eigenvalue weighted by molar-refractivity contribution is 7.09. The lowest BCUT2D eigenvalue weighted by Gasteiger charge is -2.35. The third kappa shape index (κ3) is 3.81. The molecule has 0 amide bonds. The van der Waals surface area contributed by atoms with Crippen molar-refractivity contribution >= 4 is 17.0 Å². The summed E-state index contributed by atoms with van der Waals surface area (Å²) in [6, 6.07) is 11.5. The molecule has 0 saturated carbocycles. The molecule has 1 atom stereocenters. The van der Waals surface area contributed by atoms with Crippen LogP contribution in [0.4, 0.5) is 5.69 Å². The molecule has 5 nitrogen and oxygen atoms in total. The number of benzene rings is 1. The van der Waals surface area contributed by atoms with Crippen LogP contribution in [0, 0.1) is 6.92 Å². The molecule has 1 aromatic carbocycles. The van der Waals surface area contributed by atoms with Gasteiger partial charge in [-0.05, 0) is 51.0 Å². The van der Waals surface area contributed by atoms with Crippen molar-refractivity contribution in [3.63, 3.8) is 0 Å². The molecule has 0 spiro atoms. The van der Waals surface area contributed by atoms with Gasteiger partial charge in [-0.2, -0.15) is 5.10 Å². The normalized spacial score (nSPS) is 16.8. The number of hydrogen-bond donors (Lipinski definition) is 1. The van der Waals surface area contributed by atoms with E-state index in [1.54, 1.807) is 11.3 Å². The zero-order valence-electron chi connectivity index (χ0n) is 15.3. The van der Waals surface area contributed by atoms with Crippen LogP contribution in [0.3, 0.4) is 0 Å². The van der Waals surface area contributed by atoms with Crippen LogP contribution in [0.15, 0.2) is 48.1 Å². The van der Waals surface area contributed by atoms with Gasteiger partial charge in [-0.3, -0.25) is 0 Å². The van der Waals surface area contributed by atoms with Crippen LogP contribution in [0.1, 0.15) is 36.5 Å². The van der Waals surface area contributed by atoms with Crippen LogP contribution in [-0.2, 0) is 0 Å². The Kier molecular flexibility index (Phi) is 5.04. The van der Waals surface area contributed by atoms with Gasteiger partial charge in [0.1, 0.15) is 0 Å². The molecule has 0 radical (unpaired) electrons. The zero-order valence-corrected chi connectivity index (χ0v) is 16.1. The summed E-state index contributed by atoms with van der Waals surface area (Å²) >= 11 is 1.73. The minimum absolute atomic E-state index is 0.319. The number of rotatable bonds is 5. The van der Waals surface area contributed by atoms with Crippen molar-refractivity contribution in [1.82, 2.24) is 20.1 Å². The SMILES string of the molecule is Cc1nc([C@@H](C)NC2CCN(c3cccc(-n4cccn4)c3)CC2)cs1. The van der Waals surface area contributed by atoms with Gasteiger partial charge in [0.05, 0.1) is 16.4 Å². The molecule has 1 N–H and O–H groups in total. The Morgan fingerprint density at radius 2 is 2.00 bits per heavy atom. The standard InChI is InChI=1S/C20H25N5S/c1-15(20-14-26-16(2)23-20)22-17-7-11-24(12-8-17)18-5-3-6-19(13-18)25-10-4-9-21-25/h3-6,9-10,13-15,17,22H,7-8,11-12H2,1-2H3/t15-/m1/s1. The van der Waals surface area contributed by atoms with E-state index in [1.807, 2.05) is 23.1 Å². The second-order valence-electron chi connectivity index (χ2n) is 6.91. The summed E-state index contributed by atoms with van der Waals surface area (Å²) in [7, 11) is 0. The second-order valence-corrected chi connectivity index (χ2v) is 7.97. The van der Waals surface area contributed by atoms with Crippen molar-refractivity contribution < 1.29 is 0 Å². The van der Waals surface area contributed by atoms with E-state index in [0.29, 0.717) is 12.1 Å². The third-order valence-electron chi connectivity index (χ3n) is 5.02. The molecule has 6 heteroatoms. The highest BCUT2D eigenvalue weighted by Gasteiger charge is 2.22. The first kappa shape index (κ1) is 17.2. The fourth-order valence-corrected chi connectivity index (χ4v) is 4.28. The highest BCUT2D eigenvalue weighted by Crippen LogP contribution is 2.24. The Balaban J connectivity index is 1.36. The number of hydrogen-bond acceptors (Lipinski definition) is 5. The van der Waals surface area contributed by atoms with E-state index >= 15 is 0 Å².